The summed E-state index contributed by atoms with van der Waals surface area (Å²) in [5.74, 6) is -3.12. The number of nitrogens with zero attached hydrogens (tertiary/aromatic N) is 1. The van der Waals surface area contributed by atoms with Crippen LogP contribution in [0.4, 0.5) is 14.5 Å². The predicted molar refractivity (Wildman–Crippen MR) is 79.4 cm³/mol. The monoisotopic (exact) mass is 312 g/mol. The summed E-state index contributed by atoms with van der Waals surface area (Å²) in [7, 11) is 0. The van der Waals surface area contributed by atoms with Gasteiger partial charge in [0.1, 0.15) is 5.92 Å². The van der Waals surface area contributed by atoms with Gasteiger partial charge in [-0.2, -0.15) is 0 Å². The minimum Gasteiger partial charge on any atom is -0.390 e. The van der Waals surface area contributed by atoms with Crippen LogP contribution in [0.1, 0.15) is 0 Å². The first-order valence-corrected chi connectivity index (χ1v) is 7.24. The predicted octanol–water partition coefficient (Wildman–Crippen LogP) is 2.21. The summed E-state index contributed by atoms with van der Waals surface area (Å²) in [5.41, 5.74) is -0.257. The highest BCUT2D eigenvalue weighted by molar-refractivity contribution is 8.14. The Hall–Kier alpha value is -1.73. The molecule has 2 N–H and O–H groups in total. The van der Waals surface area contributed by atoms with Crippen molar-refractivity contribution >= 4 is 28.4 Å². The lowest BCUT2D eigenvalue weighted by Crippen LogP contribution is -2.35. The third kappa shape index (κ3) is 3.48. The fourth-order valence-corrected chi connectivity index (χ4v) is 2.83. The molecule has 4 nitrogen and oxygen atoms in total. The van der Waals surface area contributed by atoms with E-state index in [2.05, 4.69) is 16.9 Å². The number of benzene rings is 1. The molecule has 0 aromatic heterocycles. The molecule has 1 aliphatic heterocycles. The van der Waals surface area contributed by atoms with Crippen molar-refractivity contribution in [3.05, 3.63) is 42.5 Å². The van der Waals surface area contributed by atoms with Crippen LogP contribution in [-0.2, 0) is 4.79 Å². The van der Waals surface area contributed by atoms with Gasteiger partial charge in [0.2, 0.25) is 5.91 Å². The minimum atomic E-state index is -1.13. The first kappa shape index (κ1) is 15.7. The Balaban J connectivity index is 2.13. The summed E-state index contributed by atoms with van der Waals surface area (Å²) in [4.78, 5) is 16.3. The smallest absolute Gasteiger partial charge is 0.236 e. The maximum absolute atomic E-state index is 13.5. The second kappa shape index (κ2) is 6.82. The van der Waals surface area contributed by atoms with Gasteiger partial charge >= 0.3 is 0 Å². The number of hydrogen-bond acceptors (Lipinski definition) is 4. The van der Waals surface area contributed by atoms with E-state index in [9.17, 15) is 18.7 Å². The molecule has 7 heteroatoms. The second-order valence-electron chi connectivity index (χ2n) is 4.41. The van der Waals surface area contributed by atoms with Crippen LogP contribution in [0.15, 0.2) is 35.8 Å². The van der Waals surface area contributed by atoms with Crippen molar-refractivity contribution in [2.75, 3.05) is 17.6 Å². The van der Waals surface area contributed by atoms with Crippen molar-refractivity contribution in [1.82, 2.24) is 0 Å². The number of hydrogen-bond donors (Lipinski definition) is 2. The van der Waals surface area contributed by atoms with Gasteiger partial charge in [0.05, 0.1) is 23.4 Å². The van der Waals surface area contributed by atoms with Crippen LogP contribution < -0.4 is 5.32 Å². The second-order valence-corrected chi connectivity index (χ2v) is 5.45. The Bertz CT molecular complexity index is 592. The lowest BCUT2D eigenvalue weighted by atomic mass is 10.1. The zero-order valence-corrected chi connectivity index (χ0v) is 11.9. The molecule has 112 valence electrons. The Kier molecular flexibility index (Phi) is 5.08. The molecule has 0 saturated heterocycles. The number of aliphatic hydroxyl groups excluding tert-OH is 1. The molecule has 0 bridgehead atoms. The average Bonchev–Trinajstić information content (AvgIpc) is 2.82. The maximum Gasteiger partial charge on any atom is 0.236 e. The van der Waals surface area contributed by atoms with Gasteiger partial charge in [-0.3, -0.25) is 9.79 Å². The number of rotatable bonds is 4. The van der Waals surface area contributed by atoms with Gasteiger partial charge in [0.15, 0.2) is 11.6 Å². The molecule has 0 spiro atoms. The molecule has 1 heterocycles. The molecule has 1 amide bonds. The molecule has 1 aromatic carbocycles. The van der Waals surface area contributed by atoms with Crippen LogP contribution in [0, 0.1) is 17.6 Å². The van der Waals surface area contributed by atoms with E-state index in [0.29, 0.717) is 10.8 Å². The number of amides is 1. The van der Waals surface area contributed by atoms with Crippen molar-refractivity contribution in [2.24, 2.45) is 10.9 Å². The summed E-state index contributed by atoms with van der Waals surface area (Å²) >= 11 is 1.29. The van der Waals surface area contributed by atoms with Crippen molar-refractivity contribution in [3.8, 4) is 0 Å². The lowest BCUT2D eigenvalue weighted by Gasteiger charge is -2.16. The summed E-state index contributed by atoms with van der Waals surface area (Å²) in [6.07, 6.45) is 0.688. The third-order valence-corrected chi connectivity index (χ3v) is 4.01. The number of carbonyl (C=O) groups excluding carboxylic acids is 1. The van der Waals surface area contributed by atoms with E-state index in [1.165, 1.54) is 23.9 Å². The normalized spacial score (nSPS) is 21.0. The van der Waals surface area contributed by atoms with E-state index in [-0.39, 0.29) is 12.2 Å². The van der Waals surface area contributed by atoms with Crippen LogP contribution in [0.25, 0.3) is 0 Å². The van der Waals surface area contributed by atoms with E-state index in [1.54, 1.807) is 6.08 Å². The standard InChI is InChI=1S/C14H14F2N2O2S/c1-2-6-21-14-11(10(19)7-17-14)13(20)18-9-5-3-4-8(15)12(9)16/h2-5,10-11,19H,1,6-7H2,(H,18,20). The molecule has 0 aliphatic carbocycles. The minimum absolute atomic E-state index is 0.114. The van der Waals surface area contributed by atoms with Crippen LogP contribution in [0.3, 0.4) is 0 Å². The van der Waals surface area contributed by atoms with E-state index in [0.717, 1.165) is 6.07 Å². The van der Waals surface area contributed by atoms with Crippen molar-refractivity contribution in [2.45, 2.75) is 6.10 Å². The quantitative estimate of drug-likeness (QED) is 0.838. The third-order valence-electron chi connectivity index (χ3n) is 2.93. The van der Waals surface area contributed by atoms with E-state index >= 15 is 0 Å². The summed E-state index contributed by atoms with van der Waals surface area (Å²) in [6, 6.07) is 3.51. The molecule has 0 saturated carbocycles. The number of thioether (sulfide) groups is 1. The molecule has 21 heavy (non-hydrogen) atoms. The van der Waals surface area contributed by atoms with E-state index in [4.69, 9.17) is 0 Å². The largest absolute Gasteiger partial charge is 0.390 e. The van der Waals surface area contributed by atoms with Gasteiger partial charge in [-0.05, 0) is 12.1 Å². The fraction of sp³-hybridized carbons (Fsp3) is 0.286. The van der Waals surface area contributed by atoms with Gasteiger partial charge in [0.25, 0.3) is 0 Å². The Labute approximate surface area is 125 Å². The number of carbonyl (C=O) groups is 1. The van der Waals surface area contributed by atoms with Crippen molar-refractivity contribution < 1.29 is 18.7 Å². The Morgan fingerprint density at radius 1 is 1.57 bits per heavy atom. The Morgan fingerprint density at radius 2 is 2.33 bits per heavy atom. The molecule has 1 aliphatic rings. The van der Waals surface area contributed by atoms with Gasteiger partial charge < -0.3 is 10.4 Å². The first-order valence-electron chi connectivity index (χ1n) is 6.25. The van der Waals surface area contributed by atoms with Gasteiger partial charge in [-0.25, -0.2) is 8.78 Å². The SMILES string of the molecule is C=CCSC1=NCC(O)C1C(=O)Nc1cccc(F)c1F. The molecule has 1 aromatic rings. The highest BCUT2D eigenvalue weighted by atomic mass is 32.2. The number of aliphatic hydroxyl groups is 1. The van der Waals surface area contributed by atoms with E-state index in [1.807, 2.05) is 0 Å². The molecule has 0 radical (unpaired) electrons. The summed E-state index contributed by atoms with van der Waals surface area (Å²) in [5, 5.41) is 12.6. The van der Waals surface area contributed by atoms with E-state index < -0.39 is 29.6 Å². The lowest BCUT2D eigenvalue weighted by molar-refractivity contribution is -0.120. The van der Waals surface area contributed by atoms with Crippen molar-refractivity contribution in [3.63, 3.8) is 0 Å². The number of aliphatic imine (C=N–C) groups is 1. The maximum atomic E-state index is 13.5. The van der Waals surface area contributed by atoms with Gasteiger partial charge in [0, 0.05) is 5.75 Å². The van der Waals surface area contributed by atoms with Crippen LogP contribution in [-0.4, -0.2) is 34.5 Å². The van der Waals surface area contributed by atoms with Crippen LogP contribution in [0.2, 0.25) is 0 Å². The van der Waals surface area contributed by atoms with Crippen LogP contribution >= 0.6 is 11.8 Å². The number of halogens is 2. The van der Waals surface area contributed by atoms with Gasteiger partial charge in [-0.15, -0.1) is 18.3 Å². The zero-order valence-electron chi connectivity index (χ0n) is 11.1. The number of nitrogens with one attached hydrogen (secondary N) is 1. The highest BCUT2D eigenvalue weighted by Gasteiger charge is 2.36. The molecular formula is C14H14F2N2O2S. The highest BCUT2D eigenvalue weighted by Crippen LogP contribution is 2.26. The summed E-state index contributed by atoms with van der Waals surface area (Å²) < 4.78 is 26.7. The molecule has 2 unspecified atom stereocenters. The van der Waals surface area contributed by atoms with Crippen LogP contribution in [0.5, 0.6) is 0 Å². The average molecular weight is 312 g/mol. The molecular weight excluding hydrogens is 298 g/mol. The fourth-order valence-electron chi connectivity index (χ4n) is 1.93. The topological polar surface area (TPSA) is 61.7 Å². The molecule has 0 fully saturated rings. The molecule has 2 atom stereocenters. The molecule has 2 rings (SSSR count). The zero-order chi connectivity index (χ0) is 15.4. The van der Waals surface area contributed by atoms with Gasteiger partial charge in [-0.1, -0.05) is 12.1 Å². The summed E-state index contributed by atoms with van der Waals surface area (Å²) in [6.45, 7) is 3.68. The van der Waals surface area contributed by atoms with Crippen molar-refractivity contribution in [1.29, 1.82) is 0 Å². The number of anilines is 1. The Morgan fingerprint density at radius 3 is 3.05 bits per heavy atom. The first-order chi connectivity index (χ1) is 10.0.